The molecule has 5 fully saturated rings. The maximum absolute atomic E-state index is 3.70. The first-order chi connectivity index (χ1) is 13.1. The number of hydrogen-bond acceptors (Lipinski definition) is 2. The lowest BCUT2D eigenvalue weighted by molar-refractivity contribution is -0.143. The van der Waals surface area contributed by atoms with Crippen LogP contribution in [0.4, 0.5) is 0 Å². The number of fused-ring (bicyclic) bond motifs is 2. The number of nitrogens with one attached hydrogen (secondary N) is 2. The monoisotopic (exact) mass is 386 g/mol. The van der Waals surface area contributed by atoms with E-state index in [-0.39, 0.29) is 0 Å². The van der Waals surface area contributed by atoms with Crippen LogP contribution in [0.1, 0.15) is 92.4 Å². The largest absolute Gasteiger partial charge is 0.317 e. The first kappa shape index (κ1) is 19.9. The lowest BCUT2D eigenvalue weighted by Gasteiger charge is -2.63. The van der Waals surface area contributed by atoms with Crippen LogP contribution in [0.15, 0.2) is 0 Å². The second kappa shape index (κ2) is 5.78. The maximum Gasteiger partial charge on any atom is 0.0118 e. The molecule has 160 valence electrons. The molecule has 0 heterocycles. The Hall–Kier alpha value is -0.0800. The molecule has 0 aromatic heterocycles. The summed E-state index contributed by atoms with van der Waals surface area (Å²) in [6.07, 6.45) is 13.4. The van der Waals surface area contributed by atoms with Gasteiger partial charge in [-0.1, -0.05) is 27.7 Å². The molecule has 0 radical (unpaired) electrons. The van der Waals surface area contributed by atoms with Gasteiger partial charge in [0, 0.05) is 12.1 Å². The Morgan fingerprint density at radius 3 is 2.11 bits per heavy atom. The fraction of sp³-hybridized carbons (Fsp3) is 1.00. The van der Waals surface area contributed by atoms with Gasteiger partial charge in [-0.25, -0.2) is 0 Å². The van der Waals surface area contributed by atoms with Crippen LogP contribution in [-0.4, -0.2) is 26.2 Å². The maximum atomic E-state index is 3.70. The predicted octanol–water partition coefficient (Wildman–Crippen LogP) is 5.62. The standard InChI is InChI=1S/C26H46N2/c1-17(27-6)18-10-12-24(5)20-9-8-19-22(2,3)21(28-7)11-13-25(19)16-26(20,25)15-14-23(18,24)4/h17-21,27-28H,8-16H2,1-7H3/t17?,18-,19?,20?,21?,23?,24+,25?,26?/m1/s1. The molecule has 9 atom stereocenters. The van der Waals surface area contributed by atoms with E-state index in [2.05, 4.69) is 59.3 Å². The van der Waals surface area contributed by atoms with E-state index in [1.54, 1.807) is 6.42 Å². The molecule has 2 heteroatoms. The predicted molar refractivity (Wildman–Crippen MR) is 118 cm³/mol. The topological polar surface area (TPSA) is 24.1 Å². The van der Waals surface area contributed by atoms with Gasteiger partial charge in [-0.2, -0.15) is 0 Å². The van der Waals surface area contributed by atoms with E-state index in [9.17, 15) is 0 Å². The molecule has 5 aliphatic rings. The minimum Gasteiger partial charge on any atom is -0.317 e. The third-order valence-corrected chi connectivity index (χ3v) is 12.6. The van der Waals surface area contributed by atoms with Crippen LogP contribution in [0.5, 0.6) is 0 Å². The molecule has 0 aromatic rings. The molecule has 2 spiro atoms. The molecule has 0 saturated heterocycles. The summed E-state index contributed by atoms with van der Waals surface area (Å²) in [6.45, 7) is 13.1. The summed E-state index contributed by atoms with van der Waals surface area (Å²) in [4.78, 5) is 0. The van der Waals surface area contributed by atoms with Gasteiger partial charge in [0.15, 0.2) is 0 Å². The molecular weight excluding hydrogens is 340 g/mol. The summed E-state index contributed by atoms with van der Waals surface area (Å²) >= 11 is 0. The van der Waals surface area contributed by atoms with Gasteiger partial charge >= 0.3 is 0 Å². The molecule has 0 aromatic carbocycles. The zero-order valence-corrected chi connectivity index (χ0v) is 19.8. The minimum absolute atomic E-state index is 0.460. The summed E-state index contributed by atoms with van der Waals surface area (Å²) in [5, 5.41) is 7.33. The van der Waals surface area contributed by atoms with Gasteiger partial charge in [0.25, 0.3) is 0 Å². The minimum atomic E-state index is 0.460. The van der Waals surface area contributed by atoms with E-state index < -0.39 is 0 Å². The summed E-state index contributed by atoms with van der Waals surface area (Å²) in [5.74, 6) is 2.80. The molecule has 5 saturated carbocycles. The third-order valence-electron chi connectivity index (χ3n) is 12.6. The van der Waals surface area contributed by atoms with E-state index >= 15 is 0 Å². The quantitative estimate of drug-likeness (QED) is 0.657. The van der Waals surface area contributed by atoms with Crippen LogP contribution >= 0.6 is 0 Å². The van der Waals surface area contributed by atoms with E-state index in [4.69, 9.17) is 0 Å². The molecule has 2 N–H and O–H groups in total. The summed E-state index contributed by atoms with van der Waals surface area (Å²) in [5.41, 5.74) is 2.98. The number of hydrogen-bond donors (Lipinski definition) is 2. The summed E-state index contributed by atoms with van der Waals surface area (Å²) in [6, 6.07) is 1.38. The Morgan fingerprint density at radius 1 is 0.750 bits per heavy atom. The fourth-order valence-electron chi connectivity index (χ4n) is 10.9. The lowest BCUT2D eigenvalue weighted by Crippen LogP contribution is -2.59. The van der Waals surface area contributed by atoms with Crippen molar-refractivity contribution in [1.82, 2.24) is 10.6 Å². The van der Waals surface area contributed by atoms with E-state index in [0.717, 1.165) is 17.8 Å². The van der Waals surface area contributed by atoms with Crippen molar-refractivity contribution >= 4 is 0 Å². The summed E-state index contributed by atoms with van der Waals surface area (Å²) in [7, 11) is 4.38. The highest BCUT2D eigenvalue weighted by Gasteiger charge is 2.82. The highest BCUT2D eigenvalue weighted by atomic mass is 14.9. The Kier molecular flexibility index (Phi) is 4.10. The van der Waals surface area contributed by atoms with Crippen molar-refractivity contribution in [2.75, 3.05) is 14.1 Å². The second-order valence-electron chi connectivity index (χ2n) is 12.9. The highest BCUT2D eigenvalue weighted by molar-refractivity contribution is 5.31. The van der Waals surface area contributed by atoms with Crippen molar-refractivity contribution in [2.24, 2.45) is 44.8 Å². The molecule has 2 nitrogen and oxygen atoms in total. The Morgan fingerprint density at radius 2 is 1.43 bits per heavy atom. The molecule has 0 amide bonds. The smallest absolute Gasteiger partial charge is 0.0118 e. The van der Waals surface area contributed by atoms with Crippen molar-refractivity contribution in [2.45, 2.75) is 104 Å². The van der Waals surface area contributed by atoms with Crippen LogP contribution in [-0.2, 0) is 0 Å². The number of rotatable bonds is 3. The molecule has 28 heavy (non-hydrogen) atoms. The van der Waals surface area contributed by atoms with E-state index in [1.165, 1.54) is 51.4 Å². The van der Waals surface area contributed by atoms with Crippen molar-refractivity contribution in [3.8, 4) is 0 Å². The molecular formula is C26H46N2. The zero-order valence-electron chi connectivity index (χ0n) is 19.8. The van der Waals surface area contributed by atoms with Gasteiger partial charge in [0.05, 0.1) is 0 Å². The van der Waals surface area contributed by atoms with Crippen molar-refractivity contribution in [3.63, 3.8) is 0 Å². The SMILES string of the molecule is CNC(C)[C@H]1CC[C@@]2(C)C3CCC4C(C)(C)C(NC)CCC45CC35CCC12C. The van der Waals surface area contributed by atoms with E-state index in [0.29, 0.717) is 39.2 Å². The Balaban J connectivity index is 1.50. The molecule has 0 aliphatic heterocycles. The third kappa shape index (κ3) is 1.99. The van der Waals surface area contributed by atoms with Crippen LogP contribution < -0.4 is 10.6 Å². The van der Waals surface area contributed by atoms with Crippen molar-refractivity contribution in [3.05, 3.63) is 0 Å². The second-order valence-corrected chi connectivity index (χ2v) is 12.9. The molecule has 0 bridgehead atoms. The Bertz CT molecular complexity index is 657. The zero-order chi connectivity index (χ0) is 20.2. The van der Waals surface area contributed by atoms with Crippen molar-refractivity contribution in [1.29, 1.82) is 0 Å². The normalized spacial score (nSPS) is 57.5. The van der Waals surface area contributed by atoms with Gasteiger partial charge in [-0.05, 0) is 124 Å². The van der Waals surface area contributed by atoms with Gasteiger partial charge in [-0.15, -0.1) is 0 Å². The van der Waals surface area contributed by atoms with Crippen LogP contribution in [0.2, 0.25) is 0 Å². The van der Waals surface area contributed by atoms with E-state index in [1.807, 2.05) is 0 Å². The summed E-state index contributed by atoms with van der Waals surface area (Å²) < 4.78 is 0. The average molecular weight is 387 g/mol. The molecule has 5 aliphatic carbocycles. The first-order valence-corrected chi connectivity index (χ1v) is 12.5. The van der Waals surface area contributed by atoms with Crippen LogP contribution in [0.25, 0.3) is 0 Å². The molecule has 7 unspecified atom stereocenters. The van der Waals surface area contributed by atoms with Crippen LogP contribution in [0, 0.1) is 44.8 Å². The molecule has 5 rings (SSSR count). The van der Waals surface area contributed by atoms with Gasteiger partial charge in [0.1, 0.15) is 0 Å². The fourth-order valence-corrected chi connectivity index (χ4v) is 10.9. The first-order valence-electron chi connectivity index (χ1n) is 12.5. The van der Waals surface area contributed by atoms with Gasteiger partial charge in [-0.3, -0.25) is 0 Å². The highest BCUT2D eigenvalue weighted by Crippen LogP contribution is 2.88. The van der Waals surface area contributed by atoms with Gasteiger partial charge < -0.3 is 10.6 Å². The van der Waals surface area contributed by atoms with Gasteiger partial charge in [0.2, 0.25) is 0 Å². The Labute approximate surface area is 174 Å². The van der Waals surface area contributed by atoms with Crippen LogP contribution in [0.3, 0.4) is 0 Å². The average Bonchev–Trinajstić information content (AvgIpc) is 3.24. The van der Waals surface area contributed by atoms with Crippen molar-refractivity contribution < 1.29 is 0 Å². The lowest BCUT2D eigenvalue weighted by atomic mass is 9.42.